The molecular formula is C20H15FeN4O-. The number of H-pyrrole nitrogens is 2. The number of aromatic nitrogens is 4. The van der Waals surface area contributed by atoms with Crippen molar-refractivity contribution < 1.29 is 22.5 Å². The van der Waals surface area contributed by atoms with Crippen molar-refractivity contribution >= 4 is 40.3 Å². The second-order valence-electron chi connectivity index (χ2n) is 5.82. The van der Waals surface area contributed by atoms with Crippen molar-refractivity contribution in [3.63, 3.8) is 0 Å². The molecule has 0 aliphatic carbocycles. The molecule has 0 saturated carbocycles. The quantitative estimate of drug-likeness (QED) is 0.317. The predicted molar refractivity (Wildman–Crippen MR) is 100 cm³/mol. The van der Waals surface area contributed by atoms with Gasteiger partial charge in [0.25, 0.3) is 0 Å². The van der Waals surface area contributed by atoms with E-state index < -0.39 is 0 Å². The molecule has 3 aromatic heterocycles. The molecule has 0 atom stereocenters. The molecular weight excluding hydrogens is 368 g/mol. The standard InChI is InChI=1S/C20H13N4.Fe.H2O/c1-2-14-10-16-5-6-18(23-16)12-20-8-7-19(24-20)11-17-4-3-15(22-17)9-13(1)21-14;;/h1-7,9-12,21,23H;;1H2/q-1;;. The van der Waals surface area contributed by atoms with E-state index in [4.69, 9.17) is 0 Å². The van der Waals surface area contributed by atoms with Crippen molar-refractivity contribution in [3.05, 3.63) is 77.4 Å². The first-order valence-corrected chi connectivity index (χ1v) is 7.76. The summed E-state index contributed by atoms with van der Waals surface area (Å²) >= 11 is 0. The monoisotopic (exact) mass is 383 g/mol. The van der Waals surface area contributed by atoms with E-state index in [0.29, 0.717) is 0 Å². The third kappa shape index (κ3) is 3.53. The third-order valence-electron chi connectivity index (χ3n) is 3.97. The number of fused-ring (bicyclic) bond motifs is 8. The van der Waals surface area contributed by atoms with Crippen molar-refractivity contribution in [2.75, 3.05) is 0 Å². The van der Waals surface area contributed by atoms with Gasteiger partial charge in [-0.1, -0.05) is 11.8 Å². The van der Waals surface area contributed by atoms with E-state index in [1.807, 2.05) is 42.5 Å². The molecule has 6 heteroatoms. The van der Waals surface area contributed by atoms with E-state index in [1.54, 1.807) is 0 Å². The Labute approximate surface area is 160 Å². The molecule has 5 rings (SSSR count). The molecule has 8 bridgehead atoms. The van der Waals surface area contributed by atoms with Gasteiger partial charge in [-0.15, -0.1) is 12.1 Å². The maximum atomic E-state index is 4.61. The molecule has 0 amide bonds. The summed E-state index contributed by atoms with van der Waals surface area (Å²) < 4.78 is 0. The maximum absolute atomic E-state index is 4.61. The van der Waals surface area contributed by atoms with Crippen molar-refractivity contribution in [2.24, 2.45) is 0 Å². The Morgan fingerprint density at radius 2 is 1.23 bits per heavy atom. The fraction of sp³-hybridized carbons (Fsp3) is 0. The molecule has 5 nitrogen and oxygen atoms in total. The van der Waals surface area contributed by atoms with E-state index in [0.717, 1.165) is 44.8 Å². The van der Waals surface area contributed by atoms with Gasteiger partial charge in [0.05, 0.1) is 11.4 Å². The topological polar surface area (TPSA) is 88.9 Å². The number of hydrogen-bond donors (Lipinski definition) is 2. The summed E-state index contributed by atoms with van der Waals surface area (Å²) in [5.74, 6) is 0. The summed E-state index contributed by atoms with van der Waals surface area (Å²) in [5, 5.41) is 0. The van der Waals surface area contributed by atoms with Crippen LogP contribution in [-0.4, -0.2) is 25.4 Å². The average molecular weight is 383 g/mol. The zero-order valence-corrected chi connectivity index (χ0v) is 14.7. The minimum absolute atomic E-state index is 0. The van der Waals surface area contributed by atoms with E-state index in [9.17, 15) is 0 Å². The summed E-state index contributed by atoms with van der Waals surface area (Å²) in [4.78, 5) is 15.9. The molecule has 0 saturated heterocycles. The minimum atomic E-state index is 0. The molecule has 26 heavy (non-hydrogen) atoms. The van der Waals surface area contributed by atoms with Crippen molar-refractivity contribution in [1.29, 1.82) is 0 Å². The predicted octanol–water partition coefficient (Wildman–Crippen LogP) is 3.52. The van der Waals surface area contributed by atoms with Crippen LogP contribution in [0.15, 0.2) is 48.5 Å². The van der Waals surface area contributed by atoms with Crippen molar-refractivity contribution in [3.8, 4) is 0 Å². The Bertz CT molecular complexity index is 1080. The summed E-state index contributed by atoms with van der Waals surface area (Å²) in [7, 11) is 0. The van der Waals surface area contributed by atoms with Crippen LogP contribution in [-0.2, 0) is 17.1 Å². The van der Waals surface area contributed by atoms with Crippen LogP contribution in [0.1, 0.15) is 22.8 Å². The molecule has 2 aliphatic heterocycles. The zero-order valence-electron chi connectivity index (χ0n) is 13.6. The smallest absolute Gasteiger partial charge is 0.0657 e. The van der Waals surface area contributed by atoms with E-state index in [2.05, 4.69) is 50.3 Å². The molecule has 3 aromatic rings. The minimum Gasteiger partial charge on any atom is -0.412 e. The Balaban J connectivity index is 0.000000980. The Morgan fingerprint density at radius 3 is 1.92 bits per heavy atom. The van der Waals surface area contributed by atoms with Gasteiger partial charge in [-0.2, -0.15) is 6.08 Å². The second-order valence-corrected chi connectivity index (χ2v) is 5.82. The molecule has 2 aliphatic rings. The van der Waals surface area contributed by atoms with E-state index in [-0.39, 0.29) is 22.5 Å². The summed E-state index contributed by atoms with van der Waals surface area (Å²) in [6.07, 6.45) is 9.06. The largest absolute Gasteiger partial charge is 0.412 e. The van der Waals surface area contributed by atoms with Gasteiger partial charge in [0.2, 0.25) is 0 Å². The molecule has 0 unspecified atom stereocenters. The van der Waals surface area contributed by atoms with Crippen LogP contribution in [0.4, 0.5) is 0 Å². The first-order valence-electron chi connectivity index (χ1n) is 7.76. The summed E-state index contributed by atoms with van der Waals surface area (Å²) in [6.45, 7) is 0. The Morgan fingerprint density at radius 1 is 0.654 bits per heavy atom. The summed E-state index contributed by atoms with van der Waals surface area (Å²) in [5.41, 5.74) is 7.59. The van der Waals surface area contributed by atoms with Gasteiger partial charge >= 0.3 is 0 Å². The van der Waals surface area contributed by atoms with Crippen molar-refractivity contribution in [1.82, 2.24) is 19.9 Å². The third-order valence-corrected chi connectivity index (χ3v) is 3.97. The number of nitrogens with zero attached hydrogens (tertiary/aromatic N) is 2. The van der Waals surface area contributed by atoms with Gasteiger partial charge in [0.15, 0.2) is 0 Å². The normalized spacial score (nSPS) is 11.7. The number of hydrogen-bond acceptors (Lipinski definition) is 2. The van der Waals surface area contributed by atoms with Crippen LogP contribution in [0.25, 0.3) is 40.3 Å². The van der Waals surface area contributed by atoms with Gasteiger partial charge in [0.1, 0.15) is 0 Å². The number of nitrogens with one attached hydrogen (secondary N) is 2. The SMILES string of the molecule is O.[C-]1=Cc2cc3nc(cc4ccc(cc5ccc(cc1n2)[nH]5)[nH]4)C=C3.[Fe]. The van der Waals surface area contributed by atoms with Gasteiger partial charge in [-0.05, 0) is 59.8 Å². The summed E-state index contributed by atoms with van der Waals surface area (Å²) in [6, 6.07) is 16.3. The first-order chi connectivity index (χ1) is 11.8. The first kappa shape index (κ1) is 17.9. The molecule has 0 radical (unpaired) electrons. The fourth-order valence-electron chi connectivity index (χ4n) is 2.88. The molecule has 130 valence electrons. The maximum Gasteiger partial charge on any atom is 0.0657 e. The van der Waals surface area contributed by atoms with Crippen molar-refractivity contribution in [2.45, 2.75) is 0 Å². The zero-order chi connectivity index (χ0) is 15.9. The molecule has 5 heterocycles. The van der Waals surface area contributed by atoms with Crippen LogP contribution < -0.4 is 0 Å². The van der Waals surface area contributed by atoms with E-state index in [1.165, 1.54) is 0 Å². The van der Waals surface area contributed by atoms with Crippen LogP contribution in [0.2, 0.25) is 0 Å². The van der Waals surface area contributed by atoms with Crippen LogP contribution in [0.5, 0.6) is 0 Å². The molecule has 0 fully saturated rings. The van der Waals surface area contributed by atoms with Gasteiger partial charge in [0, 0.05) is 33.6 Å². The fourth-order valence-corrected chi connectivity index (χ4v) is 2.88. The van der Waals surface area contributed by atoms with Gasteiger partial charge in [-0.25, -0.2) is 0 Å². The average Bonchev–Trinajstić information content (AvgIpc) is 3.32. The van der Waals surface area contributed by atoms with Gasteiger partial charge in [-0.3, -0.25) is 4.98 Å². The number of rotatable bonds is 0. The molecule has 0 aromatic carbocycles. The van der Waals surface area contributed by atoms with Crippen LogP contribution in [0.3, 0.4) is 0 Å². The van der Waals surface area contributed by atoms with Crippen LogP contribution >= 0.6 is 0 Å². The second kappa shape index (κ2) is 7.14. The Kier molecular flexibility index (Phi) is 4.91. The van der Waals surface area contributed by atoms with Crippen LogP contribution in [0, 0.1) is 6.08 Å². The number of aromatic amines is 2. The van der Waals surface area contributed by atoms with Gasteiger partial charge < -0.3 is 20.4 Å². The van der Waals surface area contributed by atoms with E-state index >= 15 is 0 Å². The molecule has 0 spiro atoms. The Hall–Kier alpha value is -2.92. The molecule has 4 N–H and O–H groups in total.